The molecule has 2 aromatic carbocycles. The van der Waals surface area contributed by atoms with Crippen LogP contribution in [0.1, 0.15) is 10.4 Å². The molecule has 0 aliphatic heterocycles. The van der Waals surface area contributed by atoms with Crippen molar-refractivity contribution >= 4 is 17.3 Å². The molecule has 0 bridgehead atoms. The molecule has 2 rings (SSSR count). The van der Waals surface area contributed by atoms with Crippen molar-refractivity contribution in [1.29, 1.82) is 0 Å². The molecule has 0 fully saturated rings. The molecule has 1 amide bonds. The number of ether oxygens (including phenoxy) is 1. The first kappa shape index (κ1) is 13.8. The number of anilines is 2. The number of para-hydroxylation sites is 1. The van der Waals surface area contributed by atoms with E-state index in [1.54, 1.807) is 12.1 Å². The number of rotatable bonds is 3. The lowest BCUT2D eigenvalue weighted by Crippen LogP contribution is -2.15. The van der Waals surface area contributed by atoms with Crippen LogP contribution in [-0.4, -0.2) is 13.0 Å². The average molecular weight is 278 g/mol. The second kappa shape index (κ2) is 5.56. The van der Waals surface area contributed by atoms with E-state index in [9.17, 15) is 13.6 Å². The van der Waals surface area contributed by atoms with Gasteiger partial charge in [-0.05, 0) is 24.3 Å². The Balaban J connectivity index is 2.34. The van der Waals surface area contributed by atoms with Crippen molar-refractivity contribution in [2.45, 2.75) is 0 Å². The average Bonchev–Trinajstić information content (AvgIpc) is 2.43. The number of benzene rings is 2. The molecule has 0 atom stereocenters. The minimum Gasteiger partial charge on any atom is -0.494 e. The molecular formula is C14H12F2N2O2. The van der Waals surface area contributed by atoms with E-state index < -0.39 is 17.5 Å². The molecular weight excluding hydrogens is 266 g/mol. The maximum atomic E-state index is 13.5. The van der Waals surface area contributed by atoms with Gasteiger partial charge in [-0.1, -0.05) is 12.1 Å². The van der Waals surface area contributed by atoms with Crippen LogP contribution in [0.15, 0.2) is 36.4 Å². The lowest BCUT2D eigenvalue weighted by molar-refractivity contribution is 0.102. The Morgan fingerprint density at radius 3 is 2.60 bits per heavy atom. The molecule has 0 aliphatic rings. The summed E-state index contributed by atoms with van der Waals surface area (Å²) in [6.07, 6.45) is 0. The summed E-state index contributed by atoms with van der Waals surface area (Å²) in [6, 6.07) is 8.13. The zero-order valence-corrected chi connectivity index (χ0v) is 10.6. The van der Waals surface area contributed by atoms with Crippen molar-refractivity contribution in [2.75, 3.05) is 18.2 Å². The molecule has 6 heteroatoms. The zero-order chi connectivity index (χ0) is 14.7. The monoisotopic (exact) mass is 278 g/mol. The second-order valence-corrected chi connectivity index (χ2v) is 3.98. The van der Waals surface area contributed by atoms with Crippen LogP contribution < -0.4 is 15.8 Å². The fraction of sp³-hybridized carbons (Fsp3) is 0.0714. The summed E-state index contributed by atoms with van der Waals surface area (Å²) < 4.78 is 31.6. The highest BCUT2D eigenvalue weighted by atomic mass is 19.2. The van der Waals surface area contributed by atoms with Gasteiger partial charge in [-0.2, -0.15) is 0 Å². The Bertz CT molecular complexity index is 660. The third-order valence-electron chi connectivity index (χ3n) is 2.69. The third kappa shape index (κ3) is 2.54. The number of carbonyl (C=O) groups excluding carboxylic acids is 1. The standard InChI is InChI=1S/C14H12F2N2O2/c1-20-13-8(4-2-6-10(13)17)14(19)18-11-7-3-5-9(15)12(11)16/h2-7H,17H2,1H3,(H,18,19). The highest BCUT2D eigenvalue weighted by Crippen LogP contribution is 2.27. The van der Waals surface area contributed by atoms with Gasteiger partial charge in [0.15, 0.2) is 17.4 Å². The predicted molar refractivity (Wildman–Crippen MR) is 71.7 cm³/mol. The lowest BCUT2D eigenvalue weighted by Gasteiger charge is -2.11. The van der Waals surface area contributed by atoms with E-state index in [1.165, 1.54) is 25.3 Å². The summed E-state index contributed by atoms with van der Waals surface area (Å²) in [4.78, 5) is 12.1. The minimum absolute atomic E-state index is 0.135. The van der Waals surface area contributed by atoms with Crippen molar-refractivity contribution in [3.05, 3.63) is 53.6 Å². The second-order valence-electron chi connectivity index (χ2n) is 3.98. The molecule has 0 spiro atoms. The first-order chi connectivity index (χ1) is 9.54. The Morgan fingerprint density at radius 1 is 1.20 bits per heavy atom. The molecule has 20 heavy (non-hydrogen) atoms. The fourth-order valence-corrected chi connectivity index (χ4v) is 1.75. The van der Waals surface area contributed by atoms with Crippen molar-refractivity contribution < 1.29 is 18.3 Å². The normalized spacial score (nSPS) is 10.2. The van der Waals surface area contributed by atoms with Crippen LogP contribution in [-0.2, 0) is 0 Å². The van der Waals surface area contributed by atoms with Gasteiger partial charge in [0, 0.05) is 0 Å². The van der Waals surface area contributed by atoms with Crippen LogP contribution in [0.2, 0.25) is 0 Å². The number of carbonyl (C=O) groups is 1. The van der Waals surface area contributed by atoms with Gasteiger partial charge in [-0.15, -0.1) is 0 Å². The summed E-state index contributed by atoms with van der Waals surface area (Å²) in [7, 11) is 1.37. The van der Waals surface area contributed by atoms with E-state index in [2.05, 4.69) is 5.32 Å². The molecule has 0 unspecified atom stereocenters. The van der Waals surface area contributed by atoms with E-state index in [4.69, 9.17) is 10.5 Å². The van der Waals surface area contributed by atoms with E-state index in [0.29, 0.717) is 0 Å². The van der Waals surface area contributed by atoms with Gasteiger partial charge >= 0.3 is 0 Å². The number of halogens is 2. The molecule has 0 radical (unpaired) electrons. The molecule has 0 aromatic heterocycles. The number of nitrogens with two attached hydrogens (primary N) is 1. The predicted octanol–water partition coefficient (Wildman–Crippen LogP) is 2.81. The fourth-order valence-electron chi connectivity index (χ4n) is 1.75. The van der Waals surface area contributed by atoms with Gasteiger partial charge in [-0.3, -0.25) is 4.79 Å². The van der Waals surface area contributed by atoms with Crippen LogP contribution >= 0.6 is 0 Å². The number of hydrogen-bond acceptors (Lipinski definition) is 3. The van der Waals surface area contributed by atoms with Gasteiger partial charge in [0.2, 0.25) is 0 Å². The molecule has 0 heterocycles. The summed E-state index contributed by atoms with van der Waals surface area (Å²) in [6.45, 7) is 0. The number of amides is 1. The van der Waals surface area contributed by atoms with Gasteiger partial charge in [0.05, 0.1) is 24.0 Å². The van der Waals surface area contributed by atoms with Crippen molar-refractivity contribution in [1.82, 2.24) is 0 Å². The number of methoxy groups -OCH3 is 1. The van der Waals surface area contributed by atoms with Gasteiger partial charge in [0.1, 0.15) is 0 Å². The smallest absolute Gasteiger partial charge is 0.259 e. The number of hydrogen-bond donors (Lipinski definition) is 2. The minimum atomic E-state index is -1.12. The molecule has 3 N–H and O–H groups in total. The number of nitrogens with one attached hydrogen (secondary N) is 1. The highest BCUT2D eigenvalue weighted by Gasteiger charge is 2.17. The quantitative estimate of drug-likeness (QED) is 0.848. The molecule has 0 aliphatic carbocycles. The SMILES string of the molecule is COc1c(N)cccc1C(=O)Nc1cccc(F)c1F. The van der Waals surface area contributed by atoms with Crippen molar-refractivity contribution in [2.24, 2.45) is 0 Å². The molecule has 104 valence electrons. The number of nitrogen functional groups attached to an aromatic ring is 1. The van der Waals surface area contributed by atoms with E-state index >= 15 is 0 Å². The van der Waals surface area contributed by atoms with E-state index in [-0.39, 0.29) is 22.7 Å². The molecule has 4 nitrogen and oxygen atoms in total. The Hall–Kier alpha value is -2.63. The van der Waals surface area contributed by atoms with Crippen molar-refractivity contribution in [3.63, 3.8) is 0 Å². The summed E-state index contributed by atoms with van der Waals surface area (Å²) in [5.74, 6) is -2.62. The molecule has 2 aromatic rings. The highest BCUT2D eigenvalue weighted by molar-refractivity contribution is 6.07. The Kier molecular flexibility index (Phi) is 3.84. The first-order valence-electron chi connectivity index (χ1n) is 5.72. The van der Waals surface area contributed by atoms with Crippen molar-refractivity contribution in [3.8, 4) is 5.75 Å². The summed E-state index contributed by atoms with van der Waals surface area (Å²) in [5, 5.41) is 2.28. The molecule has 0 saturated heterocycles. The topological polar surface area (TPSA) is 64.3 Å². The zero-order valence-electron chi connectivity index (χ0n) is 10.6. The lowest BCUT2D eigenvalue weighted by atomic mass is 10.1. The largest absolute Gasteiger partial charge is 0.494 e. The van der Waals surface area contributed by atoms with E-state index in [1.807, 2.05) is 0 Å². The van der Waals surface area contributed by atoms with Crippen LogP contribution in [0.25, 0.3) is 0 Å². The third-order valence-corrected chi connectivity index (χ3v) is 2.69. The van der Waals surface area contributed by atoms with Gasteiger partial charge in [0.25, 0.3) is 5.91 Å². The van der Waals surface area contributed by atoms with Gasteiger partial charge < -0.3 is 15.8 Å². The van der Waals surface area contributed by atoms with E-state index in [0.717, 1.165) is 6.07 Å². The van der Waals surface area contributed by atoms with Gasteiger partial charge in [-0.25, -0.2) is 8.78 Å². The Morgan fingerprint density at radius 2 is 1.90 bits per heavy atom. The van der Waals surface area contributed by atoms with Crippen LogP contribution in [0.4, 0.5) is 20.2 Å². The van der Waals surface area contributed by atoms with Crippen LogP contribution in [0, 0.1) is 11.6 Å². The van der Waals surface area contributed by atoms with Crippen LogP contribution in [0.5, 0.6) is 5.75 Å². The van der Waals surface area contributed by atoms with Crippen LogP contribution in [0.3, 0.4) is 0 Å². The molecule has 0 saturated carbocycles. The summed E-state index contributed by atoms with van der Waals surface area (Å²) >= 11 is 0. The first-order valence-corrected chi connectivity index (χ1v) is 5.72. The Labute approximate surface area is 114 Å². The maximum Gasteiger partial charge on any atom is 0.259 e. The summed E-state index contributed by atoms with van der Waals surface area (Å²) in [5.41, 5.74) is 5.84. The maximum absolute atomic E-state index is 13.5.